The number of nitrogens with zero attached hydrogens (tertiary/aromatic N) is 1. The monoisotopic (exact) mass is 523 g/mol. The van der Waals surface area contributed by atoms with E-state index in [1.54, 1.807) is 0 Å². The second kappa shape index (κ2) is 8.07. The van der Waals surface area contributed by atoms with Gasteiger partial charge in [0.2, 0.25) is 0 Å². The van der Waals surface area contributed by atoms with E-state index in [2.05, 4.69) is 40.7 Å². The topological polar surface area (TPSA) is 81.0 Å². The van der Waals surface area contributed by atoms with E-state index in [1.165, 1.54) is 0 Å². The van der Waals surface area contributed by atoms with Gasteiger partial charge in [-0.3, -0.25) is 9.59 Å². The summed E-state index contributed by atoms with van der Waals surface area (Å²) >= 11 is -0.898. The molecule has 0 N–H and O–H groups in total. The zero-order valence-electron chi connectivity index (χ0n) is 24.1. The lowest BCUT2D eigenvalue weighted by Gasteiger charge is -2.69. The van der Waals surface area contributed by atoms with E-state index < -0.39 is 22.0 Å². The lowest BCUT2D eigenvalue weighted by molar-refractivity contribution is -0.167. The molecule has 3 saturated carbocycles. The van der Waals surface area contributed by atoms with Crippen molar-refractivity contribution in [2.24, 2.45) is 50.2 Å². The molecule has 0 aromatic carbocycles. The Balaban J connectivity index is 1.68. The molecule has 0 spiro atoms. The van der Waals surface area contributed by atoms with Crippen LogP contribution in [0.2, 0.25) is 0 Å². The largest absolute Gasteiger partial charge is 0.617 e. The van der Waals surface area contributed by atoms with Gasteiger partial charge >= 0.3 is 0 Å². The highest BCUT2D eigenvalue weighted by Crippen LogP contribution is 2.74. The van der Waals surface area contributed by atoms with Crippen LogP contribution >= 0.6 is 0 Å². The van der Waals surface area contributed by atoms with E-state index in [1.807, 2.05) is 32.3 Å². The molecular formula is C32H45NO3S. The summed E-state index contributed by atoms with van der Waals surface area (Å²) in [6.45, 7) is 15.6. The fourth-order valence-corrected chi connectivity index (χ4v) is 11.7. The molecule has 0 radical (unpaired) electrons. The molecule has 5 aliphatic carbocycles. The minimum Gasteiger partial charge on any atom is -0.617 e. The third kappa shape index (κ3) is 3.50. The molecule has 8 atom stereocenters. The number of nitriles is 1. The molecule has 0 bridgehead atoms. The standard InChI is InChI=1S/C32H45NO3S/c1-27(2)11-13-32(19-37(8)36)14-12-31(7)25(21(32)17-27)22(34)15-24-29(5)16-20(18-33)26(35)28(3,4)23(29)9-10-30(24,31)6/h15-16,21,23,25H,9-14,17,19H2,1-8H3/t21-,23-,25-,29-,30+,31+,32+,37?/m0/s1. The van der Waals surface area contributed by atoms with Crippen molar-refractivity contribution in [2.75, 3.05) is 12.0 Å². The van der Waals surface area contributed by atoms with Gasteiger partial charge in [-0.2, -0.15) is 5.26 Å². The van der Waals surface area contributed by atoms with Crippen molar-refractivity contribution in [2.45, 2.75) is 93.4 Å². The van der Waals surface area contributed by atoms with Crippen LogP contribution in [0.4, 0.5) is 0 Å². The van der Waals surface area contributed by atoms with Gasteiger partial charge in [0.25, 0.3) is 0 Å². The van der Waals surface area contributed by atoms with Crippen LogP contribution in [0.15, 0.2) is 23.3 Å². The van der Waals surface area contributed by atoms with Crippen LogP contribution in [0.3, 0.4) is 0 Å². The third-order valence-electron chi connectivity index (χ3n) is 12.5. The van der Waals surface area contributed by atoms with Crippen LogP contribution in [0, 0.1) is 61.6 Å². The Morgan fingerprint density at radius 2 is 1.68 bits per heavy atom. The minimum absolute atomic E-state index is 0.0229. The highest BCUT2D eigenvalue weighted by atomic mass is 32.2. The lowest BCUT2D eigenvalue weighted by atomic mass is 9.34. The van der Waals surface area contributed by atoms with Crippen molar-refractivity contribution in [1.29, 1.82) is 5.26 Å². The summed E-state index contributed by atoms with van der Waals surface area (Å²) in [7, 11) is 0. The summed E-state index contributed by atoms with van der Waals surface area (Å²) < 4.78 is 12.6. The van der Waals surface area contributed by atoms with Crippen molar-refractivity contribution in [3.05, 3.63) is 23.3 Å². The van der Waals surface area contributed by atoms with Gasteiger partial charge in [0, 0.05) is 22.2 Å². The Kier molecular flexibility index (Phi) is 5.93. The fraction of sp³-hybridized carbons (Fsp3) is 0.781. The van der Waals surface area contributed by atoms with Gasteiger partial charge in [-0.25, -0.2) is 0 Å². The Morgan fingerprint density at radius 1 is 1.03 bits per heavy atom. The molecule has 5 heteroatoms. The maximum Gasteiger partial charge on any atom is 0.178 e. The van der Waals surface area contributed by atoms with Crippen molar-refractivity contribution in [3.63, 3.8) is 0 Å². The van der Waals surface area contributed by atoms with Crippen molar-refractivity contribution >= 4 is 22.7 Å². The molecule has 5 rings (SSSR count). The fourth-order valence-electron chi connectivity index (χ4n) is 10.4. The van der Waals surface area contributed by atoms with E-state index in [0.29, 0.717) is 5.75 Å². The van der Waals surface area contributed by atoms with Gasteiger partial charge in [0.15, 0.2) is 11.6 Å². The third-order valence-corrected chi connectivity index (χ3v) is 13.5. The lowest BCUT2D eigenvalue weighted by Crippen LogP contribution is -2.65. The number of hydrogen-bond acceptors (Lipinski definition) is 4. The summed E-state index contributed by atoms with van der Waals surface area (Å²) in [6.07, 6.45) is 12.8. The van der Waals surface area contributed by atoms with Crippen molar-refractivity contribution in [3.8, 4) is 6.07 Å². The first kappa shape index (κ1) is 27.2. The first-order valence-electron chi connectivity index (χ1n) is 14.2. The highest BCUT2D eigenvalue weighted by molar-refractivity contribution is 7.90. The smallest absolute Gasteiger partial charge is 0.178 e. The summed E-state index contributed by atoms with van der Waals surface area (Å²) in [6, 6.07) is 2.19. The molecule has 5 aliphatic rings. The normalized spacial score (nSPS) is 46.8. The molecule has 37 heavy (non-hydrogen) atoms. The van der Waals surface area contributed by atoms with E-state index in [4.69, 9.17) is 0 Å². The van der Waals surface area contributed by atoms with Gasteiger partial charge in [0.1, 0.15) is 11.8 Å². The molecule has 3 fully saturated rings. The van der Waals surface area contributed by atoms with E-state index in [0.717, 1.165) is 50.5 Å². The molecular weight excluding hydrogens is 478 g/mol. The van der Waals surface area contributed by atoms with Gasteiger partial charge < -0.3 is 4.55 Å². The molecule has 0 heterocycles. The molecule has 0 aromatic heterocycles. The summed E-state index contributed by atoms with van der Waals surface area (Å²) in [5.74, 6) is 1.10. The second-order valence-corrected chi connectivity index (χ2v) is 16.8. The van der Waals surface area contributed by atoms with Crippen LogP contribution in [0.1, 0.15) is 93.4 Å². The van der Waals surface area contributed by atoms with Gasteiger partial charge in [-0.15, -0.1) is 0 Å². The number of allylic oxidation sites excluding steroid dienone is 4. The van der Waals surface area contributed by atoms with Crippen molar-refractivity contribution < 1.29 is 14.1 Å². The Hall–Kier alpha value is -1.38. The quantitative estimate of drug-likeness (QED) is 0.383. The number of ketones is 2. The minimum atomic E-state index is -0.898. The average molecular weight is 524 g/mol. The molecule has 0 aliphatic heterocycles. The predicted octanol–water partition coefficient (Wildman–Crippen LogP) is 6.58. The van der Waals surface area contributed by atoms with E-state index in [9.17, 15) is 19.4 Å². The number of fused-ring (bicyclic) bond motifs is 7. The molecule has 4 nitrogen and oxygen atoms in total. The Labute approximate surface area is 226 Å². The van der Waals surface area contributed by atoms with Gasteiger partial charge in [0.05, 0.1) is 11.8 Å². The van der Waals surface area contributed by atoms with Gasteiger partial charge in [-0.1, -0.05) is 71.3 Å². The van der Waals surface area contributed by atoms with Crippen LogP contribution < -0.4 is 0 Å². The Bertz CT molecular complexity index is 1160. The molecule has 0 amide bonds. The van der Waals surface area contributed by atoms with Crippen molar-refractivity contribution in [1.82, 2.24) is 0 Å². The number of carbonyl (C=O) groups is 2. The molecule has 202 valence electrons. The first-order chi connectivity index (χ1) is 17.0. The average Bonchev–Trinajstić information content (AvgIpc) is 2.78. The molecule has 0 aromatic rings. The predicted molar refractivity (Wildman–Crippen MR) is 148 cm³/mol. The van der Waals surface area contributed by atoms with Crippen LogP contribution in [0.25, 0.3) is 0 Å². The SMILES string of the molecule is C[S+]([O-])C[C@]12CCC(C)(C)C[C@H]1[C@H]1C(=O)C=C3[C@@]4(C)C=C(C#N)C(=O)C(C)(C)[C@@H]4CC[C@@]3(C)[C@]1(C)CC2. The van der Waals surface area contributed by atoms with Crippen LogP contribution in [-0.4, -0.2) is 28.1 Å². The Morgan fingerprint density at radius 3 is 2.30 bits per heavy atom. The summed E-state index contributed by atoms with van der Waals surface area (Å²) in [5.41, 5.74) is 0.0157. The zero-order valence-corrected chi connectivity index (χ0v) is 24.9. The number of hydrogen-bond donors (Lipinski definition) is 0. The summed E-state index contributed by atoms with van der Waals surface area (Å²) in [5, 5.41) is 9.88. The molecule has 0 saturated heterocycles. The number of rotatable bonds is 2. The van der Waals surface area contributed by atoms with E-state index in [-0.39, 0.29) is 56.6 Å². The number of Topliss-reactive ketones (excluding diaryl/α,β-unsaturated/α-hetero) is 1. The summed E-state index contributed by atoms with van der Waals surface area (Å²) in [4.78, 5) is 27.6. The van der Waals surface area contributed by atoms with Crippen LogP contribution in [-0.2, 0) is 20.8 Å². The molecule has 1 unspecified atom stereocenters. The highest BCUT2D eigenvalue weighted by Gasteiger charge is 2.70. The zero-order chi connectivity index (χ0) is 27.4. The van der Waals surface area contributed by atoms with Gasteiger partial charge in [-0.05, 0) is 79.1 Å². The second-order valence-electron chi connectivity index (χ2n) is 15.3. The maximum absolute atomic E-state index is 14.4. The number of carbonyl (C=O) groups excluding carboxylic acids is 2. The van der Waals surface area contributed by atoms with Crippen LogP contribution in [0.5, 0.6) is 0 Å². The van der Waals surface area contributed by atoms with E-state index >= 15 is 0 Å². The maximum atomic E-state index is 14.4. The first-order valence-corrected chi connectivity index (χ1v) is 15.9.